The number of methoxy groups -OCH3 is 1. The van der Waals surface area contributed by atoms with Crippen molar-refractivity contribution in [2.75, 3.05) is 19.0 Å². The Bertz CT molecular complexity index is 841. The lowest BCUT2D eigenvalue weighted by molar-refractivity contribution is 0.0942. The Labute approximate surface area is 152 Å². The van der Waals surface area contributed by atoms with Gasteiger partial charge in [0, 0.05) is 24.8 Å². The van der Waals surface area contributed by atoms with Crippen molar-refractivity contribution in [1.29, 1.82) is 0 Å². The second-order valence-electron chi connectivity index (χ2n) is 6.02. The molecular weight excluding hydrogens is 332 g/mol. The number of fused-ring (bicyclic) bond motifs is 1. The Kier molecular flexibility index (Phi) is 5.36. The molecule has 3 rings (SSSR count). The summed E-state index contributed by atoms with van der Waals surface area (Å²) < 4.78 is 7.02. The number of imidazole rings is 1. The van der Waals surface area contributed by atoms with E-state index in [1.165, 1.54) is 0 Å². The summed E-state index contributed by atoms with van der Waals surface area (Å²) in [7, 11) is 1.57. The maximum atomic E-state index is 12.8. The maximum absolute atomic E-state index is 12.8. The first-order valence-electron chi connectivity index (χ1n) is 8.58. The van der Waals surface area contributed by atoms with E-state index in [2.05, 4.69) is 22.2 Å². The van der Waals surface area contributed by atoms with Gasteiger partial charge in [0.2, 0.25) is 0 Å². The van der Waals surface area contributed by atoms with E-state index in [1.54, 1.807) is 37.5 Å². The molecule has 0 unspecified atom stereocenters. The highest BCUT2D eigenvalue weighted by Gasteiger charge is 2.27. The number of carbonyl (C=O) groups excluding carboxylic acids is 2. The molecule has 2 aromatic rings. The molecule has 2 amide bonds. The number of hydrogen-bond donors (Lipinski definition) is 2. The van der Waals surface area contributed by atoms with Crippen LogP contribution in [0.4, 0.5) is 5.69 Å². The molecule has 26 heavy (non-hydrogen) atoms. The monoisotopic (exact) mass is 354 g/mol. The van der Waals surface area contributed by atoms with Gasteiger partial charge in [0.15, 0.2) is 11.5 Å². The first-order valence-corrected chi connectivity index (χ1v) is 8.58. The third kappa shape index (κ3) is 3.61. The fourth-order valence-corrected chi connectivity index (χ4v) is 3.03. The minimum Gasteiger partial charge on any atom is -0.497 e. The molecular formula is C19H22N4O3. The van der Waals surface area contributed by atoms with Gasteiger partial charge in [0.1, 0.15) is 5.75 Å². The van der Waals surface area contributed by atoms with Crippen LogP contribution in [0.2, 0.25) is 0 Å². The average molecular weight is 354 g/mol. The molecule has 0 aliphatic carbocycles. The summed E-state index contributed by atoms with van der Waals surface area (Å²) >= 11 is 0. The highest BCUT2D eigenvalue weighted by Crippen LogP contribution is 2.23. The molecule has 7 heteroatoms. The van der Waals surface area contributed by atoms with Gasteiger partial charge < -0.3 is 19.9 Å². The summed E-state index contributed by atoms with van der Waals surface area (Å²) in [5.74, 6) is 0.302. The van der Waals surface area contributed by atoms with Gasteiger partial charge >= 0.3 is 0 Å². The Morgan fingerprint density at radius 3 is 2.96 bits per heavy atom. The topological polar surface area (TPSA) is 85.2 Å². The van der Waals surface area contributed by atoms with E-state index in [1.807, 2.05) is 4.57 Å². The zero-order valence-electron chi connectivity index (χ0n) is 14.7. The fraction of sp³-hybridized carbons (Fsp3) is 0.316. The predicted octanol–water partition coefficient (Wildman–Crippen LogP) is 2.40. The first-order chi connectivity index (χ1) is 12.6. The lowest BCUT2D eigenvalue weighted by atomic mass is 10.1. The van der Waals surface area contributed by atoms with E-state index in [0.29, 0.717) is 30.2 Å². The van der Waals surface area contributed by atoms with Crippen LogP contribution < -0.4 is 15.4 Å². The molecule has 1 aliphatic rings. The average Bonchev–Trinajstić information content (AvgIpc) is 3.06. The molecule has 0 fully saturated rings. The van der Waals surface area contributed by atoms with Crippen LogP contribution >= 0.6 is 0 Å². The van der Waals surface area contributed by atoms with E-state index in [9.17, 15) is 9.59 Å². The van der Waals surface area contributed by atoms with Crippen LogP contribution in [0.3, 0.4) is 0 Å². The van der Waals surface area contributed by atoms with E-state index in [4.69, 9.17) is 4.74 Å². The number of nitrogens with one attached hydrogen (secondary N) is 2. The third-order valence-electron chi connectivity index (χ3n) is 4.27. The third-order valence-corrected chi connectivity index (χ3v) is 4.27. The van der Waals surface area contributed by atoms with Crippen molar-refractivity contribution in [3.63, 3.8) is 0 Å². The van der Waals surface area contributed by atoms with Crippen LogP contribution in [0.5, 0.6) is 5.75 Å². The number of benzene rings is 1. The van der Waals surface area contributed by atoms with Crippen molar-refractivity contribution in [1.82, 2.24) is 14.9 Å². The van der Waals surface area contributed by atoms with Crippen molar-refractivity contribution >= 4 is 17.5 Å². The van der Waals surface area contributed by atoms with Crippen LogP contribution in [0.25, 0.3) is 0 Å². The van der Waals surface area contributed by atoms with Crippen LogP contribution in [0.1, 0.15) is 39.6 Å². The number of aromatic nitrogens is 2. The number of nitrogens with zero attached hydrogens (tertiary/aromatic N) is 2. The van der Waals surface area contributed by atoms with Crippen LogP contribution in [-0.2, 0) is 13.0 Å². The molecule has 136 valence electrons. The van der Waals surface area contributed by atoms with Crippen molar-refractivity contribution in [2.24, 2.45) is 0 Å². The van der Waals surface area contributed by atoms with Gasteiger partial charge in [0.05, 0.1) is 12.8 Å². The molecule has 0 radical (unpaired) electrons. The van der Waals surface area contributed by atoms with E-state index < -0.39 is 0 Å². The summed E-state index contributed by atoms with van der Waals surface area (Å²) in [4.78, 5) is 29.5. The first kappa shape index (κ1) is 17.7. The van der Waals surface area contributed by atoms with Crippen molar-refractivity contribution in [3.05, 3.63) is 54.1 Å². The van der Waals surface area contributed by atoms with Gasteiger partial charge in [0.25, 0.3) is 11.8 Å². The van der Waals surface area contributed by atoms with Crippen molar-refractivity contribution in [2.45, 2.75) is 25.8 Å². The van der Waals surface area contributed by atoms with Gasteiger partial charge in [-0.25, -0.2) is 4.98 Å². The highest BCUT2D eigenvalue weighted by molar-refractivity contribution is 6.05. The predicted molar refractivity (Wildman–Crippen MR) is 98.6 cm³/mol. The molecule has 2 heterocycles. The summed E-state index contributed by atoms with van der Waals surface area (Å²) in [6.45, 7) is 4.63. The summed E-state index contributed by atoms with van der Waals surface area (Å²) in [6, 6.07) is 7.11. The molecule has 0 bridgehead atoms. The summed E-state index contributed by atoms with van der Waals surface area (Å²) in [5, 5.41) is 5.56. The van der Waals surface area contributed by atoms with Gasteiger partial charge in [-0.05, 0) is 31.4 Å². The number of amides is 2. The van der Waals surface area contributed by atoms with Crippen LogP contribution in [0, 0.1) is 0 Å². The molecule has 1 aromatic carbocycles. The zero-order chi connectivity index (χ0) is 18.5. The SMILES string of the molecule is C=CCNC(=O)c1nc(C(=O)Nc2cccc(OC)c2)c2n1CCCC2. The lowest BCUT2D eigenvalue weighted by Crippen LogP contribution is -2.28. The molecule has 0 spiro atoms. The zero-order valence-corrected chi connectivity index (χ0v) is 14.7. The van der Waals surface area contributed by atoms with Crippen molar-refractivity contribution < 1.29 is 14.3 Å². The molecule has 2 N–H and O–H groups in total. The molecule has 0 saturated heterocycles. The number of hydrogen-bond acceptors (Lipinski definition) is 4. The smallest absolute Gasteiger partial charge is 0.287 e. The minimum atomic E-state index is -0.327. The Hall–Kier alpha value is -3.09. The quantitative estimate of drug-likeness (QED) is 0.780. The summed E-state index contributed by atoms with van der Waals surface area (Å²) in [5.41, 5.74) is 1.72. The number of carbonyl (C=O) groups is 2. The van der Waals surface area contributed by atoms with Gasteiger partial charge in [-0.15, -0.1) is 6.58 Å². The molecule has 1 aromatic heterocycles. The molecule has 7 nitrogen and oxygen atoms in total. The second kappa shape index (κ2) is 7.86. The molecule has 1 aliphatic heterocycles. The lowest BCUT2D eigenvalue weighted by Gasteiger charge is -2.17. The van der Waals surface area contributed by atoms with Gasteiger partial charge in [-0.3, -0.25) is 9.59 Å². The largest absolute Gasteiger partial charge is 0.497 e. The van der Waals surface area contributed by atoms with Crippen LogP contribution in [0.15, 0.2) is 36.9 Å². The number of rotatable bonds is 6. The van der Waals surface area contributed by atoms with Crippen LogP contribution in [-0.4, -0.2) is 35.0 Å². The molecule has 0 saturated carbocycles. The van der Waals surface area contributed by atoms with Gasteiger partial charge in [-0.1, -0.05) is 12.1 Å². The fourth-order valence-electron chi connectivity index (χ4n) is 3.03. The standard InChI is InChI=1S/C19H22N4O3/c1-3-10-20-19(25)17-22-16(15-9-4-5-11-23(15)17)18(24)21-13-7-6-8-14(12-13)26-2/h3,6-8,12H,1,4-5,9-11H2,2H3,(H,20,25)(H,21,24). The van der Waals surface area contributed by atoms with E-state index in [0.717, 1.165) is 25.0 Å². The Balaban J connectivity index is 1.88. The Morgan fingerprint density at radius 1 is 1.35 bits per heavy atom. The second-order valence-corrected chi connectivity index (χ2v) is 6.02. The van der Waals surface area contributed by atoms with Crippen molar-refractivity contribution in [3.8, 4) is 5.75 Å². The maximum Gasteiger partial charge on any atom is 0.287 e. The van der Waals surface area contributed by atoms with E-state index >= 15 is 0 Å². The van der Waals surface area contributed by atoms with Gasteiger partial charge in [-0.2, -0.15) is 0 Å². The summed E-state index contributed by atoms with van der Waals surface area (Å²) in [6.07, 6.45) is 4.26. The minimum absolute atomic E-state index is 0.275. The Morgan fingerprint density at radius 2 is 2.19 bits per heavy atom. The number of anilines is 1. The van der Waals surface area contributed by atoms with E-state index in [-0.39, 0.29) is 17.6 Å². The normalized spacial score (nSPS) is 12.8. The molecule has 0 atom stereocenters. The number of ether oxygens (including phenoxy) is 1. The highest BCUT2D eigenvalue weighted by atomic mass is 16.5.